The average molecular weight is 209 g/mol. The Bertz CT molecular complexity index is 361. The Morgan fingerprint density at radius 2 is 2.40 bits per heavy atom. The number of aromatic nitrogens is 3. The highest BCUT2D eigenvalue weighted by atomic mass is 16.2. The summed E-state index contributed by atoms with van der Waals surface area (Å²) in [5.74, 6) is 0.613. The van der Waals surface area contributed by atoms with E-state index in [2.05, 4.69) is 22.3 Å². The lowest BCUT2D eigenvalue weighted by molar-refractivity contribution is 0.0678. The van der Waals surface area contributed by atoms with Gasteiger partial charge in [0.1, 0.15) is 0 Å². The van der Waals surface area contributed by atoms with Crippen LogP contribution < -0.4 is 5.73 Å². The van der Waals surface area contributed by atoms with E-state index in [0.717, 1.165) is 19.5 Å². The van der Waals surface area contributed by atoms with Crippen molar-refractivity contribution in [1.82, 2.24) is 20.3 Å². The van der Waals surface area contributed by atoms with Crippen LogP contribution in [0.15, 0.2) is 0 Å². The maximum absolute atomic E-state index is 12.0. The van der Waals surface area contributed by atoms with E-state index in [1.807, 2.05) is 0 Å². The molecule has 1 unspecified atom stereocenters. The van der Waals surface area contributed by atoms with E-state index < -0.39 is 0 Å². The molecule has 6 heteroatoms. The highest BCUT2D eigenvalue weighted by Crippen LogP contribution is 2.18. The molecular weight excluding hydrogens is 194 g/mol. The molecule has 1 aromatic rings. The van der Waals surface area contributed by atoms with Gasteiger partial charge in [0, 0.05) is 13.1 Å². The molecule has 1 aromatic heterocycles. The summed E-state index contributed by atoms with van der Waals surface area (Å²) in [6, 6.07) is 0. The van der Waals surface area contributed by atoms with Crippen LogP contribution in [0.3, 0.4) is 0 Å². The zero-order valence-corrected chi connectivity index (χ0v) is 8.73. The summed E-state index contributed by atoms with van der Waals surface area (Å²) < 4.78 is 0. The molecule has 1 fully saturated rings. The number of hydrogen-bond acceptors (Lipinski definition) is 4. The highest BCUT2D eigenvalue weighted by molar-refractivity contribution is 5.96. The Kier molecular flexibility index (Phi) is 2.57. The molecule has 1 aliphatic heterocycles. The van der Waals surface area contributed by atoms with E-state index >= 15 is 0 Å². The van der Waals surface area contributed by atoms with Crippen LogP contribution in [0.4, 0.5) is 5.82 Å². The van der Waals surface area contributed by atoms with Gasteiger partial charge < -0.3 is 10.6 Å². The Hall–Kier alpha value is -1.59. The van der Waals surface area contributed by atoms with Crippen LogP contribution in [-0.4, -0.2) is 39.3 Å². The first kappa shape index (κ1) is 9.95. The first-order valence-corrected chi connectivity index (χ1v) is 5.14. The van der Waals surface area contributed by atoms with Gasteiger partial charge in [0.25, 0.3) is 5.91 Å². The molecule has 82 valence electrons. The number of amides is 1. The number of hydrogen-bond donors (Lipinski definition) is 2. The fourth-order valence-electron chi connectivity index (χ4n) is 1.92. The van der Waals surface area contributed by atoms with E-state index in [-0.39, 0.29) is 17.4 Å². The Balaban J connectivity index is 2.11. The van der Waals surface area contributed by atoms with Crippen LogP contribution in [0.1, 0.15) is 30.3 Å². The number of nitrogens with zero attached hydrogens (tertiary/aromatic N) is 3. The van der Waals surface area contributed by atoms with Crippen molar-refractivity contribution in [3.8, 4) is 0 Å². The lowest BCUT2D eigenvalue weighted by atomic mass is 10.00. The van der Waals surface area contributed by atoms with Crippen molar-refractivity contribution in [2.45, 2.75) is 19.8 Å². The second-order valence-corrected chi connectivity index (χ2v) is 4.06. The zero-order chi connectivity index (χ0) is 10.8. The topological polar surface area (TPSA) is 87.9 Å². The number of likely N-dealkylation sites (tertiary alicyclic amines) is 1. The maximum atomic E-state index is 12.0. The highest BCUT2D eigenvalue weighted by Gasteiger charge is 2.25. The number of aromatic amines is 1. The fourth-order valence-corrected chi connectivity index (χ4v) is 1.92. The molecule has 1 saturated heterocycles. The van der Waals surface area contributed by atoms with Gasteiger partial charge >= 0.3 is 0 Å². The molecule has 0 aliphatic carbocycles. The lowest BCUT2D eigenvalue weighted by Gasteiger charge is -2.30. The monoisotopic (exact) mass is 209 g/mol. The fraction of sp³-hybridized carbons (Fsp3) is 0.667. The van der Waals surface area contributed by atoms with Gasteiger partial charge in [0.15, 0.2) is 11.5 Å². The number of H-pyrrole nitrogens is 1. The van der Waals surface area contributed by atoms with Gasteiger partial charge in [-0.1, -0.05) is 6.92 Å². The van der Waals surface area contributed by atoms with Gasteiger partial charge in [0.2, 0.25) is 0 Å². The van der Waals surface area contributed by atoms with Crippen LogP contribution in [0.2, 0.25) is 0 Å². The summed E-state index contributed by atoms with van der Waals surface area (Å²) >= 11 is 0. The molecule has 2 heterocycles. The third kappa shape index (κ3) is 1.93. The van der Waals surface area contributed by atoms with Crippen molar-refractivity contribution in [2.75, 3.05) is 18.8 Å². The summed E-state index contributed by atoms with van der Waals surface area (Å²) in [5.41, 5.74) is 5.77. The van der Waals surface area contributed by atoms with Gasteiger partial charge in [-0.25, -0.2) is 0 Å². The van der Waals surface area contributed by atoms with Gasteiger partial charge in [-0.3, -0.25) is 4.79 Å². The molecule has 6 nitrogen and oxygen atoms in total. The smallest absolute Gasteiger partial charge is 0.278 e. The third-order valence-electron chi connectivity index (χ3n) is 2.72. The van der Waals surface area contributed by atoms with Crippen molar-refractivity contribution in [3.05, 3.63) is 5.69 Å². The molecule has 1 amide bonds. The Labute approximate surface area is 87.8 Å². The van der Waals surface area contributed by atoms with Crippen LogP contribution in [0.25, 0.3) is 0 Å². The number of nitrogens with one attached hydrogen (secondary N) is 1. The van der Waals surface area contributed by atoms with Crippen molar-refractivity contribution < 1.29 is 4.79 Å². The number of carbonyl (C=O) groups is 1. The summed E-state index contributed by atoms with van der Waals surface area (Å²) in [7, 11) is 0. The molecule has 3 N–H and O–H groups in total. The van der Waals surface area contributed by atoms with E-state index in [1.165, 1.54) is 6.42 Å². The van der Waals surface area contributed by atoms with Crippen LogP contribution in [0.5, 0.6) is 0 Å². The molecule has 2 rings (SSSR count). The molecule has 0 radical (unpaired) electrons. The van der Waals surface area contributed by atoms with Gasteiger partial charge in [-0.2, -0.15) is 5.21 Å². The van der Waals surface area contributed by atoms with Crippen molar-refractivity contribution in [2.24, 2.45) is 5.92 Å². The molecule has 15 heavy (non-hydrogen) atoms. The van der Waals surface area contributed by atoms with Crippen molar-refractivity contribution in [3.63, 3.8) is 0 Å². The van der Waals surface area contributed by atoms with E-state index in [4.69, 9.17) is 5.73 Å². The van der Waals surface area contributed by atoms with Crippen molar-refractivity contribution >= 4 is 11.7 Å². The predicted molar refractivity (Wildman–Crippen MR) is 55.1 cm³/mol. The van der Waals surface area contributed by atoms with E-state index in [9.17, 15) is 4.79 Å². The normalized spacial score (nSPS) is 21.7. The quantitative estimate of drug-likeness (QED) is 0.694. The summed E-state index contributed by atoms with van der Waals surface area (Å²) in [6.07, 6.45) is 2.22. The average Bonchev–Trinajstić information content (AvgIpc) is 2.63. The van der Waals surface area contributed by atoms with Crippen LogP contribution in [0, 0.1) is 5.92 Å². The minimum atomic E-state index is -0.118. The molecule has 0 saturated carbocycles. The lowest BCUT2D eigenvalue weighted by Crippen LogP contribution is -2.39. The summed E-state index contributed by atoms with van der Waals surface area (Å²) in [4.78, 5) is 13.7. The number of piperidine rings is 1. The third-order valence-corrected chi connectivity index (χ3v) is 2.72. The largest absolute Gasteiger partial charge is 0.380 e. The first-order chi connectivity index (χ1) is 7.18. The maximum Gasteiger partial charge on any atom is 0.278 e. The van der Waals surface area contributed by atoms with E-state index in [0.29, 0.717) is 5.92 Å². The Morgan fingerprint density at radius 1 is 1.60 bits per heavy atom. The number of rotatable bonds is 1. The second kappa shape index (κ2) is 3.88. The van der Waals surface area contributed by atoms with Crippen molar-refractivity contribution in [1.29, 1.82) is 0 Å². The van der Waals surface area contributed by atoms with E-state index in [1.54, 1.807) is 4.90 Å². The molecule has 1 aliphatic rings. The number of carbonyl (C=O) groups excluding carboxylic acids is 1. The second-order valence-electron chi connectivity index (χ2n) is 4.06. The van der Waals surface area contributed by atoms with Gasteiger partial charge in [-0.05, 0) is 18.8 Å². The number of nitrogens with two attached hydrogens (primary N) is 1. The van der Waals surface area contributed by atoms with Gasteiger partial charge in [-0.15, -0.1) is 10.2 Å². The summed E-state index contributed by atoms with van der Waals surface area (Å²) in [6.45, 7) is 3.71. The van der Waals surface area contributed by atoms with Crippen LogP contribution >= 0.6 is 0 Å². The zero-order valence-electron chi connectivity index (χ0n) is 8.73. The van der Waals surface area contributed by atoms with Crippen LogP contribution in [-0.2, 0) is 0 Å². The molecule has 0 bridgehead atoms. The Morgan fingerprint density at radius 3 is 3.00 bits per heavy atom. The number of nitrogen functional groups attached to an aromatic ring is 1. The minimum absolute atomic E-state index is 0.118. The predicted octanol–water partition coefficient (Wildman–Crippen LogP) is 0.259. The molecular formula is C9H15N5O. The van der Waals surface area contributed by atoms with Gasteiger partial charge in [0.05, 0.1) is 0 Å². The summed E-state index contributed by atoms with van der Waals surface area (Å²) in [5, 5.41) is 9.77. The molecule has 0 aromatic carbocycles. The SMILES string of the molecule is CC1CCCN(C(=O)c2n[nH]nc2N)C1. The standard InChI is InChI=1S/C9H15N5O/c1-6-3-2-4-14(5-6)9(15)7-8(10)12-13-11-7/h6H,2-5H2,1H3,(H3,10,11,12,13). The minimum Gasteiger partial charge on any atom is -0.380 e. The first-order valence-electron chi connectivity index (χ1n) is 5.14. The number of anilines is 1. The molecule has 0 spiro atoms. The molecule has 1 atom stereocenters.